The molecule has 0 N–H and O–H groups in total. The van der Waals surface area contributed by atoms with Gasteiger partial charge in [-0.25, -0.2) is 13.2 Å². The van der Waals surface area contributed by atoms with Crippen LogP contribution in [0.5, 0.6) is 11.5 Å². The van der Waals surface area contributed by atoms with Gasteiger partial charge in [0, 0.05) is 6.07 Å². The summed E-state index contributed by atoms with van der Waals surface area (Å²) in [5.74, 6) is 0.985. The lowest BCUT2D eigenvalue weighted by molar-refractivity contribution is 0.214. The zero-order valence-electron chi connectivity index (χ0n) is 17.8. The van der Waals surface area contributed by atoms with E-state index in [-0.39, 0.29) is 17.7 Å². The topological polar surface area (TPSA) is 18.5 Å². The van der Waals surface area contributed by atoms with Crippen LogP contribution in [-0.2, 0) is 0 Å². The third kappa shape index (κ3) is 4.36. The molecule has 0 heterocycles. The molecule has 0 amide bonds. The van der Waals surface area contributed by atoms with Crippen LogP contribution in [0.25, 0.3) is 5.57 Å². The molecule has 1 fully saturated rings. The molecular formula is C26H27F3O2. The van der Waals surface area contributed by atoms with Gasteiger partial charge in [0.25, 0.3) is 0 Å². The number of allylic oxidation sites excluding steroid dienone is 4. The fourth-order valence-electron chi connectivity index (χ4n) is 4.80. The molecule has 2 aromatic carbocycles. The van der Waals surface area contributed by atoms with E-state index in [0.717, 1.165) is 25.7 Å². The minimum Gasteiger partial charge on any atom is -0.497 e. The van der Waals surface area contributed by atoms with Gasteiger partial charge in [-0.15, -0.1) is 0 Å². The summed E-state index contributed by atoms with van der Waals surface area (Å²) in [7, 11) is 3.08. The Balaban J connectivity index is 1.46. The zero-order chi connectivity index (χ0) is 22.0. The number of hydrogen-bond acceptors (Lipinski definition) is 2. The molecule has 0 aliphatic heterocycles. The van der Waals surface area contributed by atoms with Gasteiger partial charge in [-0.1, -0.05) is 30.4 Å². The first-order chi connectivity index (χ1) is 15.0. The summed E-state index contributed by atoms with van der Waals surface area (Å²) >= 11 is 0. The van der Waals surface area contributed by atoms with Gasteiger partial charge in [-0.05, 0) is 78.0 Å². The molecule has 2 unspecified atom stereocenters. The fourth-order valence-corrected chi connectivity index (χ4v) is 4.80. The summed E-state index contributed by atoms with van der Waals surface area (Å²) in [6, 6.07) is 11.9. The number of ether oxygens (including phenoxy) is 2. The predicted octanol–water partition coefficient (Wildman–Crippen LogP) is 6.82. The second-order valence-electron chi connectivity index (χ2n) is 8.26. The van der Waals surface area contributed by atoms with E-state index in [1.165, 1.54) is 13.2 Å². The number of methoxy groups -OCH3 is 2. The van der Waals surface area contributed by atoms with Crippen LogP contribution in [0.4, 0.5) is 13.2 Å². The Morgan fingerprint density at radius 3 is 1.97 bits per heavy atom. The third-order valence-corrected chi connectivity index (χ3v) is 6.60. The van der Waals surface area contributed by atoms with Crippen molar-refractivity contribution in [3.63, 3.8) is 0 Å². The summed E-state index contributed by atoms with van der Waals surface area (Å²) in [6.07, 6.45) is 3.06. The molecular weight excluding hydrogens is 401 g/mol. The Bertz CT molecular complexity index is 973. The van der Waals surface area contributed by atoms with Crippen LogP contribution in [-0.4, -0.2) is 26.6 Å². The highest BCUT2D eigenvalue weighted by Gasteiger charge is 2.36. The number of benzene rings is 2. The highest BCUT2D eigenvalue weighted by Crippen LogP contribution is 2.44. The van der Waals surface area contributed by atoms with Gasteiger partial charge >= 0.3 is 0 Å². The Morgan fingerprint density at radius 2 is 1.35 bits per heavy atom. The lowest BCUT2D eigenvalue weighted by atomic mass is 9.73. The number of alkyl halides is 2. The Kier molecular flexibility index (Phi) is 6.40. The normalized spacial score (nSPS) is 26.1. The first kappa shape index (κ1) is 21.5. The van der Waals surface area contributed by atoms with Crippen LogP contribution in [0.3, 0.4) is 0 Å². The highest BCUT2D eigenvalue weighted by atomic mass is 19.2. The van der Waals surface area contributed by atoms with E-state index in [1.54, 1.807) is 55.7 Å². The molecule has 2 aromatic rings. The molecule has 4 rings (SSSR count). The molecule has 0 aromatic heterocycles. The van der Waals surface area contributed by atoms with E-state index in [1.807, 2.05) is 0 Å². The summed E-state index contributed by atoms with van der Waals surface area (Å²) in [5, 5.41) is 0. The average Bonchev–Trinajstić information content (AvgIpc) is 2.81. The minimum atomic E-state index is -1.69. The molecule has 31 heavy (non-hydrogen) atoms. The highest BCUT2D eigenvalue weighted by molar-refractivity contribution is 5.73. The predicted molar refractivity (Wildman–Crippen MR) is 116 cm³/mol. The molecule has 2 nitrogen and oxygen atoms in total. The summed E-state index contributed by atoms with van der Waals surface area (Å²) in [4.78, 5) is 0. The van der Waals surface area contributed by atoms with E-state index in [4.69, 9.17) is 9.47 Å². The van der Waals surface area contributed by atoms with Crippen molar-refractivity contribution in [2.45, 2.75) is 43.9 Å². The van der Waals surface area contributed by atoms with Crippen molar-refractivity contribution in [1.82, 2.24) is 0 Å². The van der Waals surface area contributed by atoms with Crippen LogP contribution in [0, 0.1) is 11.7 Å². The zero-order valence-corrected chi connectivity index (χ0v) is 17.8. The third-order valence-electron chi connectivity index (χ3n) is 6.60. The second-order valence-corrected chi connectivity index (χ2v) is 8.26. The first-order valence-electron chi connectivity index (χ1n) is 10.7. The molecule has 0 radical (unpaired) electrons. The maximum absolute atomic E-state index is 15.1. The monoisotopic (exact) mass is 428 g/mol. The second kappa shape index (κ2) is 9.21. The molecule has 2 atom stereocenters. The van der Waals surface area contributed by atoms with E-state index >= 15 is 8.78 Å². The van der Waals surface area contributed by atoms with Gasteiger partial charge in [-0.3, -0.25) is 0 Å². The molecule has 2 aliphatic rings. The number of halogens is 3. The Morgan fingerprint density at radius 1 is 0.742 bits per heavy atom. The fraction of sp³-hybridized carbons (Fsp3) is 0.385. The smallest absolute Gasteiger partial charge is 0.161 e. The van der Waals surface area contributed by atoms with Gasteiger partial charge in [-0.2, -0.15) is 0 Å². The molecule has 1 saturated carbocycles. The lowest BCUT2D eigenvalue weighted by Crippen LogP contribution is -2.29. The van der Waals surface area contributed by atoms with Crippen molar-refractivity contribution in [2.24, 2.45) is 5.92 Å². The van der Waals surface area contributed by atoms with Crippen LogP contribution < -0.4 is 9.47 Å². The van der Waals surface area contributed by atoms with Crippen LogP contribution in [0.2, 0.25) is 0 Å². The standard InChI is InChI=1S/C26H27F3O2/c1-30-19-9-7-18(8-10-19)23-14-13-22(25(28)26(23)29)17-5-3-16(4-6-17)21-12-11-20(31-2)15-24(21)27/h7-17,25-26H,3-6H2,1-2H3. The average molecular weight is 428 g/mol. The van der Waals surface area contributed by atoms with E-state index < -0.39 is 12.3 Å². The lowest BCUT2D eigenvalue weighted by Gasteiger charge is -2.34. The molecule has 164 valence electrons. The van der Waals surface area contributed by atoms with Crippen LogP contribution in [0.15, 0.2) is 60.2 Å². The quantitative estimate of drug-likeness (QED) is 0.520. The van der Waals surface area contributed by atoms with Crippen molar-refractivity contribution in [3.05, 3.63) is 77.1 Å². The Labute approximate surface area is 181 Å². The molecule has 2 aliphatic carbocycles. The summed E-state index contributed by atoms with van der Waals surface area (Å²) in [5.41, 5.74) is 2.22. The van der Waals surface area contributed by atoms with E-state index in [9.17, 15) is 4.39 Å². The van der Waals surface area contributed by atoms with E-state index in [0.29, 0.717) is 33.8 Å². The maximum Gasteiger partial charge on any atom is 0.161 e. The van der Waals surface area contributed by atoms with Crippen molar-refractivity contribution in [3.8, 4) is 11.5 Å². The minimum absolute atomic E-state index is 0.0144. The first-order valence-corrected chi connectivity index (χ1v) is 10.7. The van der Waals surface area contributed by atoms with Crippen molar-refractivity contribution in [2.75, 3.05) is 14.2 Å². The molecule has 0 saturated heterocycles. The van der Waals surface area contributed by atoms with Crippen LogP contribution >= 0.6 is 0 Å². The van der Waals surface area contributed by atoms with Gasteiger partial charge in [0.15, 0.2) is 12.3 Å². The van der Waals surface area contributed by atoms with Gasteiger partial charge in [0.05, 0.1) is 14.2 Å². The van der Waals surface area contributed by atoms with Gasteiger partial charge in [0.1, 0.15) is 17.3 Å². The largest absolute Gasteiger partial charge is 0.497 e. The van der Waals surface area contributed by atoms with Crippen molar-refractivity contribution < 1.29 is 22.6 Å². The van der Waals surface area contributed by atoms with E-state index in [2.05, 4.69) is 0 Å². The Hall–Kier alpha value is -2.69. The summed E-state index contributed by atoms with van der Waals surface area (Å²) in [6.45, 7) is 0. The summed E-state index contributed by atoms with van der Waals surface area (Å²) < 4.78 is 54.7. The molecule has 0 spiro atoms. The number of rotatable bonds is 5. The maximum atomic E-state index is 15.1. The molecule has 5 heteroatoms. The number of hydrogen-bond donors (Lipinski definition) is 0. The van der Waals surface area contributed by atoms with Crippen molar-refractivity contribution in [1.29, 1.82) is 0 Å². The van der Waals surface area contributed by atoms with Crippen molar-refractivity contribution >= 4 is 5.57 Å². The van der Waals surface area contributed by atoms with Gasteiger partial charge in [0.2, 0.25) is 0 Å². The van der Waals surface area contributed by atoms with Gasteiger partial charge < -0.3 is 9.47 Å². The van der Waals surface area contributed by atoms with Crippen LogP contribution in [0.1, 0.15) is 42.7 Å². The SMILES string of the molecule is COc1ccc(C2=CC=C(C3CCC(c4ccc(OC)cc4F)CC3)C(F)C2F)cc1. The molecule has 0 bridgehead atoms.